The van der Waals surface area contributed by atoms with Crippen LogP contribution in [0.4, 0.5) is 0 Å². The van der Waals surface area contributed by atoms with Gasteiger partial charge < -0.3 is 10.6 Å². The zero-order chi connectivity index (χ0) is 10.4. The van der Waals surface area contributed by atoms with Crippen molar-refractivity contribution in [2.75, 3.05) is 20.1 Å². The quantitative estimate of drug-likeness (QED) is 0.782. The predicted molar refractivity (Wildman–Crippen MR) is 63.0 cm³/mol. The summed E-state index contributed by atoms with van der Waals surface area (Å²) in [4.78, 5) is 2.22. The molecule has 1 unspecified atom stereocenters. The Bertz CT molecular complexity index is 157. The van der Waals surface area contributed by atoms with Gasteiger partial charge in [0.05, 0.1) is 0 Å². The van der Waals surface area contributed by atoms with Crippen molar-refractivity contribution in [3.8, 4) is 0 Å². The number of hydrogen-bond acceptors (Lipinski definition) is 2. The molecule has 0 aromatic rings. The van der Waals surface area contributed by atoms with E-state index in [1.54, 1.807) is 0 Å². The Kier molecular flexibility index (Phi) is 6.64. The van der Waals surface area contributed by atoms with E-state index < -0.39 is 0 Å². The highest BCUT2D eigenvalue weighted by atomic mass is 79.9. The second-order valence-corrected chi connectivity index (χ2v) is 5.07. The molecule has 3 heteroatoms. The molecule has 78 valence electrons. The summed E-state index contributed by atoms with van der Waals surface area (Å²) in [6, 6.07) is 0.311. The lowest BCUT2D eigenvalue weighted by Gasteiger charge is -2.20. The van der Waals surface area contributed by atoms with E-state index in [0.717, 1.165) is 24.0 Å². The Morgan fingerprint density at radius 3 is 2.46 bits per heavy atom. The molecular weight excluding hydrogens is 228 g/mol. The second-order valence-electron chi connectivity index (χ2n) is 3.95. The van der Waals surface area contributed by atoms with E-state index in [0.29, 0.717) is 12.0 Å². The van der Waals surface area contributed by atoms with Crippen LogP contribution in [0.25, 0.3) is 0 Å². The molecule has 2 N–H and O–H groups in total. The maximum absolute atomic E-state index is 5.93. The van der Waals surface area contributed by atoms with Crippen molar-refractivity contribution in [1.82, 2.24) is 4.90 Å². The average molecular weight is 249 g/mol. The monoisotopic (exact) mass is 248 g/mol. The Balaban J connectivity index is 3.57. The minimum atomic E-state index is 0.311. The molecule has 0 amide bonds. The summed E-state index contributed by atoms with van der Waals surface area (Å²) < 4.78 is 1.02. The van der Waals surface area contributed by atoms with Crippen LogP contribution in [0.5, 0.6) is 0 Å². The van der Waals surface area contributed by atoms with Crippen molar-refractivity contribution in [2.45, 2.75) is 26.3 Å². The highest BCUT2D eigenvalue weighted by molar-refractivity contribution is 9.11. The lowest BCUT2D eigenvalue weighted by molar-refractivity contribution is 0.327. The van der Waals surface area contributed by atoms with Crippen LogP contribution in [0.3, 0.4) is 0 Å². The first-order valence-electron chi connectivity index (χ1n) is 4.71. The summed E-state index contributed by atoms with van der Waals surface area (Å²) in [6.07, 6.45) is 1.05. The van der Waals surface area contributed by atoms with E-state index in [-0.39, 0.29) is 0 Å². The fourth-order valence-electron chi connectivity index (χ4n) is 1.07. The summed E-state index contributed by atoms with van der Waals surface area (Å²) in [5.74, 6) is 0.570. The molecule has 0 aliphatic rings. The van der Waals surface area contributed by atoms with Gasteiger partial charge in [-0.05, 0) is 25.9 Å². The minimum absolute atomic E-state index is 0.311. The van der Waals surface area contributed by atoms with Crippen LogP contribution in [-0.4, -0.2) is 31.1 Å². The number of likely N-dealkylation sites (N-methyl/N-ethyl adjacent to an activating group) is 1. The smallest absolute Gasteiger partial charge is 0.0290 e. The molecule has 0 aliphatic heterocycles. The van der Waals surface area contributed by atoms with Gasteiger partial charge in [-0.25, -0.2) is 0 Å². The summed E-state index contributed by atoms with van der Waals surface area (Å²) in [5.41, 5.74) is 5.93. The van der Waals surface area contributed by atoms with Crippen LogP contribution in [0, 0.1) is 5.92 Å². The van der Waals surface area contributed by atoms with E-state index in [1.165, 1.54) is 0 Å². The Labute approximate surface area is 90.3 Å². The van der Waals surface area contributed by atoms with Crippen LogP contribution in [0.1, 0.15) is 20.3 Å². The third-order valence-electron chi connectivity index (χ3n) is 2.14. The first-order valence-corrected chi connectivity index (χ1v) is 5.50. The van der Waals surface area contributed by atoms with Crippen molar-refractivity contribution in [3.63, 3.8) is 0 Å². The van der Waals surface area contributed by atoms with E-state index >= 15 is 0 Å². The van der Waals surface area contributed by atoms with Gasteiger partial charge in [-0.3, -0.25) is 0 Å². The SMILES string of the molecule is C=C(Br)CN(C)CCC(N)C(C)C. The average Bonchev–Trinajstić information content (AvgIpc) is 1.98. The van der Waals surface area contributed by atoms with Crippen molar-refractivity contribution < 1.29 is 0 Å². The lowest BCUT2D eigenvalue weighted by atomic mass is 10.0. The van der Waals surface area contributed by atoms with Crippen LogP contribution >= 0.6 is 15.9 Å². The van der Waals surface area contributed by atoms with E-state index in [4.69, 9.17) is 5.73 Å². The van der Waals surface area contributed by atoms with Crippen molar-refractivity contribution in [3.05, 3.63) is 11.1 Å². The number of nitrogens with zero attached hydrogens (tertiary/aromatic N) is 1. The van der Waals surface area contributed by atoms with Crippen LogP contribution in [-0.2, 0) is 0 Å². The molecule has 0 radical (unpaired) electrons. The van der Waals surface area contributed by atoms with Crippen molar-refractivity contribution >= 4 is 15.9 Å². The van der Waals surface area contributed by atoms with Crippen molar-refractivity contribution in [1.29, 1.82) is 0 Å². The molecule has 0 saturated carbocycles. The molecule has 0 heterocycles. The molecule has 1 atom stereocenters. The molecule has 0 spiro atoms. The summed E-state index contributed by atoms with van der Waals surface area (Å²) >= 11 is 3.34. The Hall–Kier alpha value is 0.140. The fraction of sp³-hybridized carbons (Fsp3) is 0.800. The Morgan fingerprint density at radius 1 is 1.54 bits per heavy atom. The van der Waals surface area contributed by atoms with Crippen LogP contribution in [0.2, 0.25) is 0 Å². The van der Waals surface area contributed by atoms with Gasteiger partial charge in [0.25, 0.3) is 0 Å². The lowest BCUT2D eigenvalue weighted by Crippen LogP contribution is -2.32. The molecule has 0 rings (SSSR count). The normalized spacial score (nSPS) is 13.8. The maximum atomic E-state index is 5.93. The molecule has 0 aliphatic carbocycles. The Morgan fingerprint density at radius 2 is 2.08 bits per heavy atom. The van der Waals surface area contributed by atoms with Gasteiger partial charge >= 0.3 is 0 Å². The molecule has 0 saturated heterocycles. The van der Waals surface area contributed by atoms with Gasteiger partial charge in [-0.15, -0.1) is 0 Å². The zero-order valence-corrected chi connectivity index (χ0v) is 10.5. The molecule has 0 bridgehead atoms. The number of hydrogen-bond donors (Lipinski definition) is 1. The number of rotatable bonds is 6. The highest BCUT2D eigenvalue weighted by Gasteiger charge is 2.08. The molecule has 13 heavy (non-hydrogen) atoms. The number of nitrogens with two attached hydrogens (primary N) is 1. The zero-order valence-electron chi connectivity index (χ0n) is 8.89. The van der Waals surface area contributed by atoms with Gasteiger partial charge in [-0.2, -0.15) is 0 Å². The largest absolute Gasteiger partial charge is 0.327 e. The van der Waals surface area contributed by atoms with Crippen LogP contribution < -0.4 is 5.73 Å². The molecular formula is C10H21BrN2. The first-order chi connectivity index (χ1) is 5.93. The van der Waals surface area contributed by atoms with Gasteiger partial charge in [0, 0.05) is 17.1 Å². The third-order valence-corrected chi connectivity index (χ3v) is 2.39. The molecule has 0 aromatic heterocycles. The van der Waals surface area contributed by atoms with Gasteiger partial charge in [0.1, 0.15) is 0 Å². The second kappa shape index (κ2) is 6.57. The summed E-state index contributed by atoms with van der Waals surface area (Å²) in [6.45, 7) is 10.0. The number of halogens is 1. The topological polar surface area (TPSA) is 29.3 Å². The molecule has 0 aromatic carbocycles. The minimum Gasteiger partial charge on any atom is -0.327 e. The van der Waals surface area contributed by atoms with Gasteiger partial charge in [-0.1, -0.05) is 36.4 Å². The van der Waals surface area contributed by atoms with Crippen LogP contribution in [0.15, 0.2) is 11.1 Å². The van der Waals surface area contributed by atoms with Crippen molar-refractivity contribution in [2.24, 2.45) is 11.7 Å². The highest BCUT2D eigenvalue weighted by Crippen LogP contribution is 2.06. The summed E-state index contributed by atoms with van der Waals surface area (Å²) in [5, 5.41) is 0. The van der Waals surface area contributed by atoms with E-state index in [1.807, 2.05) is 0 Å². The van der Waals surface area contributed by atoms with Gasteiger partial charge in [0.15, 0.2) is 0 Å². The fourth-order valence-corrected chi connectivity index (χ4v) is 1.50. The predicted octanol–water partition coefficient (Wildman–Crippen LogP) is 2.20. The van der Waals surface area contributed by atoms with Gasteiger partial charge in [0.2, 0.25) is 0 Å². The first kappa shape index (κ1) is 13.1. The molecule has 0 fully saturated rings. The standard InChI is InChI=1S/C10H21BrN2/c1-8(2)10(12)5-6-13(4)7-9(3)11/h8,10H,3,5-7,12H2,1-2,4H3. The maximum Gasteiger partial charge on any atom is 0.0290 e. The molecule has 2 nitrogen and oxygen atoms in total. The van der Waals surface area contributed by atoms with E-state index in [9.17, 15) is 0 Å². The third kappa shape index (κ3) is 7.23. The van der Waals surface area contributed by atoms with E-state index in [2.05, 4.69) is 48.3 Å². The summed E-state index contributed by atoms with van der Waals surface area (Å²) in [7, 11) is 2.08.